The third-order valence-corrected chi connectivity index (χ3v) is 1.91. The van der Waals surface area contributed by atoms with Crippen LogP contribution >= 0.6 is 0 Å². The van der Waals surface area contributed by atoms with Gasteiger partial charge in [-0.3, -0.25) is 4.98 Å². The fourth-order valence-corrected chi connectivity index (χ4v) is 1.16. The topological polar surface area (TPSA) is 38.9 Å². The van der Waals surface area contributed by atoms with Gasteiger partial charge in [0.2, 0.25) is 0 Å². The summed E-state index contributed by atoms with van der Waals surface area (Å²) in [5.41, 5.74) is 8.08. The lowest BCUT2D eigenvalue weighted by molar-refractivity contribution is 0.621. The molecule has 0 aliphatic heterocycles. The highest BCUT2D eigenvalue weighted by atomic mass is 14.8. The Balaban J connectivity index is 2.68. The van der Waals surface area contributed by atoms with Crippen molar-refractivity contribution in [2.45, 2.75) is 32.7 Å². The summed E-state index contributed by atoms with van der Waals surface area (Å²) in [4.78, 5) is 4.27. The molecule has 0 fully saturated rings. The van der Waals surface area contributed by atoms with Crippen molar-refractivity contribution in [3.05, 3.63) is 29.6 Å². The van der Waals surface area contributed by atoms with Gasteiger partial charge in [0.1, 0.15) is 0 Å². The molecular weight excluding hydrogens is 148 g/mol. The molecule has 66 valence electrons. The van der Waals surface area contributed by atoms with Gasteiger partial charge < -0.3 is 5.73 Å². The molecular formula is C10H16N2. The van der Waals surface area contributed by atoms with E-state index in [4.69, 9.17) is 5.73 Å². The predicted molar refractivity (Wildman–Crippen MR) is 50.8 cm³/mol. The average molecular weight is 164 g/mol. The first-order chi connectivity index (χ1) is 5.74. The highest BCUT2D eigenvalue weighted by molar-refractivity contribution is 5.14. The fraction of sp³-hybridized carbons (Fsp3) is 0.500. The molecule has 1 aromatic heterocycles. The maximum atomic E-state index is 5.89. The largest absolute Gasteiger partial charge is 0.323 e. The van der Waals surface area contributed by atoms with E-state index in [0.29, 0.717) is 0 Å². The fourth-order valence-electron chi connectivity index (χ4n) is 1.16. The lowest BCUT2D eigenvalue weighted by Crippen LogP contribution is -2.11. The molecule has 0 aromatic carbocycles. The summed E-state index contributed by atoms with van der Waals surface area (Å²) in [5.74, 6) is 0. The van der Waals surface area contributed by atoms with Crippen molar-refractivity contribution in [3.8, 4) is 0 Å². The van der Waals surface area contributed by atoms with Gasteiger partial charge in [-0.05, 0) is 25.0 Å². The second-order valence-corrected chi connectivity index (χ2v) is 3.16. The summed E-state index contributed by atoms with van der Waals surface area (Å²) < 4.78 is 0. The van der Waals surface area contributed by atoms with Gasteiger partial charge in [0.05, 0.1) is 5.69 Å². The Bertz CT molecular complexity index is 228. The standard InChI is InChI=1S/C10H16N2/c1-3-4-9(11)10-6-5-8(2)7-12-10/h5-7,9H,3-4,11H2,1-2H3. The molecule has 0 radical (unpaired) electrons. The van der Waals surface area contributed by atoms with Gasteiger partial charge in [-0.25, -0.2) is 0 Å². The van der Waals surface area contributed by atoms with Crippen LogP contribution in [0.1, 0.15) is 37.1 Å². The maximum Gasteiger partial charge on any atom is 0.0571 e. The molecule has 0 spiro atoms. The molecule has 12 heavy (non-hydrogen) atoms. The van der Waals surface area contributed by atoms with Crippen LogP contribution in [-0.4, -0.2) is 4.98 Å². The van der Waals surface area contributed by atoms with Gasteiger partial charge in [0.25, 0.3) is 0 Å². The quantitative estimate of drug-likeness (QED) is 0.743. The van der Waals surface area contributed by atoms with E-state index in [1.807, 2.05) is 19.2 Å². The number of rotatable bonds is 3. The summed E-state index contributed by atoms with van der Waals surface area (Å²) in [6.07, 6.45) is 3.98. The second-order valence-electron chi connectivity index (χ2n) is 3.16. The molecule has 1 unspecified atom stereocenters. The number of nitrogens with two attached hydrogens (primary N) is 1. The molecule has 0 aliphatic carbocycles. The first-order valence-electron chi connectivity index (χ1n) is 4.42. The first-order valence-corrected chi connectivity index (χ1v) is 4.42. The van der Waals surface area contributed by atoms with Gasteiger partial charge >= 0.3 is 0 Å². The Hall–Kier alpha value is -0.890. The lowest BCUT2D eigenvalue weighted by atomic mass is 10.1. The van der Waals surface area contributed by atoms with E-state index in [1.165, 1.54) is 5.56 Å². The summed E-state index contributed by atoms with van der Waals surface area (Å²) in [5, 5.41) is 0. The maximum absolute atomic E-state index is 5.89. The zero-order valence-electron chi connectivity index (χ0n) is 7.75. The van der Waals surface area contributed by atoms with Crippen molar-refractivity contribution < 1.29 is 0 Å². The molecule has 0 amide bonds. The van der Waals surface area contributed by atoms with Crippen LogP contribution in [0.25, 0.3) is 0 Å². The number of hydrogen-bond donors (Lipinski definition) is 1. The molecule has 2 N–H and O–H groups in total. The van der Waals surface area contributed by atoms with Crippen molar-refractivity contribution >= 4 is 0 Å². The predicted octanol–water partition coefficient (Wildman–Crippen LogP) is 2.19. The Labute approximate surface area is 73.8 Å². The molecule has 0 aliphatic rings. The molecule has 1 atom stereocenters. The number of aryl methyl sites for hydroxylation is 1. The van der Waals surface area contributed by atoms with Crippen LogP contribution in [-0.2, 0) is 0 Å². The van der Waals surface area contributed by atoms with Crippen molar-refractivity contribution in [3.63, 3.8) is 0 Å². The van der Waals surface area contributed by atoms with E-state index in [2.05, 4.69) is 18.0 Å². The number of hydrogen-bond acceptors (Lipinski definition) is 2. The Morgan fingerprint density at radius 2 is 2.25 bits per heavy atom. The van der Waals surface area contributed by atoms with Crippen LogP contribution < -0.4 is 5.73 Å². The van der Waals surface area contributed by atoms with E-state index < -0.39 is 0 Å². The molecule has 2 heteroatoms. The Morgan fingerprint density at radius 3 is 2.75 bits per heavy atom. The lowest BCUT2D eigenvalue weighted by Gasteiger charge is -2.08. The van der Waals surface area contributed by atoms with Crippen LogP contribution in [0.5, 0.6) is 0 Å². The van der Waals surface area contributed by atoms with Gasteiger partial charge in [-0.15, -0.1) is 0 Å². The average Bonchev–Trinajstić information content (AvgIpc) is 2.06. The highest BCUT2D eigenvalue weighted by Gasteiger charge is 2.04. The number of pyridine rings is 1. The minimum atomic E-state index is 0.107. The van der Waals surface area contributed by atoms with Crippen LogP contribution in [0, 0.1) is 6.92 Å². The van der Waals surface area contributed by atoms with Crippen molar-refractivity contribution in [1.82, 2.24) is 4.98 Å². The SMILES string of the molecule is CCCC(N)c1ccc(C)cn1. The summed E-state index contributed by atoms with van der Waals surface area (Å²) >= 11 is 0. The van der Waals surface area contributed by atoms with E-state index >= 15 is 0 Å². The van der Waals surface area contributed by atoms with Gasteiger partial charge in [-0.1, -0.05) is 19.4 Å². The third-order valence-electron chi connectivity index (χ3n) is 1.91. The normalized spacial score (nSPS) is 12.9. The Kier molecular flexibility index (Phi) is 3.23. The van der Waals surface area contributed by atoms with Gasteiger partial charge in [0, 0.05) is 12.2 Å². The van der Waals surface area contributed by atoms with E-state index in [1.54, 1.807) is 0 Å². The number of nitrogens with zero attached hydrogens (tertiary/aromatic N) is 1. The van der Waals surface area contributed by atoms with Crippen LogP contribution in [0.4, 0.5) is 0 Å². The van der Waals surface area contributed by atoms with Crippen molar-refractivity contribution in [2.75, 3.05) is 0 Å². The van der Waals surface area contributed by atoms with E-state index in [-0.39, 0.29) is 6.04 Å². The van der Waals surface area contributed by atoms with Gasteiger partial charge in [0.15, 0.2) is 0 Å². The monoisotopic (exact) mass is 164 g/mol. The van der Waals surface area contributed by atoms with Crippen LogP contribution in [0.15, 0.2) is 18.3 Å². The molecule has 0 saturated heterocycles. The van der Waals surface area contributed by atoms with Crippen LogP contribution in [0.2, 0.25) is 0 Å². The summed E-state index contributed by atoms with van der Waals surface area (Å²) in [6, 6.07) is 4.17. The van der Waals surface area contributed by atoms with Gasteiger partial charge in [-0.2, -0.15) is 0 Å². The Morgan fingerprint density at radius 1 is 1.50 bits per heavy atom. The molecule has 1 aromatic rings. The molecule has 2 nitrogen and oxygen atoms in total. The number of aromatic nitrogens is 1. The highest BCUT2D eigenvalue weighted by Crippen LogP contribution is 2.12. The van der Waals surface area contributed by atoms with Crippen LogP contribution in [0.3, 0.4) is 0 Å². The molecule has 1 heterocycles. The molecule has 0 bridgehead atoms. The smallest absolute Gasteiger partial charge is 0.0571 e. The minimum Gasteiger partial charge on any atom is -0.323 e. The van der Waals surface area contributed by atoms with Crippen molar-refractivity contribution in [1.29, 1.82) is 0 Å². The first kappa shape index (κ1) is 9.20. The third kappa shape index (κ3) is 2.31. The molecule has 0 saturated carbocycles. The summed E-state index contributed by atoms with van der Waals surface area (Å²) in [7, 11) is 0. The van der Waals surface area contributed by atoms with E-state index in [9.17, 15) is 0 Å². The zero-order chi connectivity index (χ0) is 8.97. The minimum absolute atomic E-state index is 0.107. The summed E-state index contributed by atoms with van der Waals surface area (Å²) in [6.45, 7) is 4.16. The van der Waals surface area contributed by atoms with Crippen molar-refractivity contribution in [2.24, 2.45) is 5.73 Å². The second kappa shape index (κ2) is 4.21. The van der Waals surface area contributed by atoms with E-state index in [0.717, 1.165) is 18.5 Å². The zero-order valence-corrected chi connectivity index (χ0v) is 7.75. The molecule has 1 rings (SSSR count).